The zero-order valence-electron chi connectivity index (χ0n) is 7.81. The van der Waals surface area contributed by atoms with Crippen molar-refractivity contribution in [2.75, 3.05) is 12.3 Å². The number of anilines is 1. The number of carbonyl (C=O) groups excluding carboxylic acids is 1. The fourth-order valence-electron chi connectivity index (χ4n) is 0.987. The van der Waals surface area contributed by atoms with Gasteiger partial charge in [0.25, 0.3) is 0 Å². The van der Waals surface area contributed by atoms with E-state index in [1.165, 1.54) is 6.07 Å². The van der Waals surface area contributed by atoms with Gasteiger partial charge < -0.3 is 10.5 Å². The Morgan fingerprint density at radius 3 is 2.53 bits per heavy atom. The standard InChI is InChI=1S/C9H8Cl3NO2/c1-2-15-9(14)4-3-5(10)6(11)7(12)8(4)13/h3H,2,13H2,1H3. The minimum atomic E-state index is -0.574. The van der Waals surface area contributed by atoms with E-state index in [1.807, 2.05) is 0 Å². The molecule has 0 aromatic heterocycles. The summed E-state index contributed by atoms with van der Waals surface area (Å²) in [4.78, 5) is 11.4. The average molecular weight is 269 g/mol. The zero-order chi connectivity index (χ0) is 11.6. The molecule has 0 aliphatic carbocycles. The van der Waals surface area contributed by atoms with E-state index >= 15 is 0 Å². The van der Waals surface area contributed by atoms with Gasteiger partial charge in [-0.05, 0) is 13.0 Å². The minimum absolute atomic E-state index is 0.0622. The van der Waals surface area contributed by atoms with Gasteiger partial charge in [-0.25, -0.2) is 4.79 Å². The van der Waals surface area contributed by atoms with Crippen LogP contribution in [0.2, 0.25) is 15.1 Å². The number of hydrogen-bond donors (Lipinski definition) is 1. The van der Waals surface area contributed by atoms with Crippen molar-refractivity contribution in [2.45, 2.75) is 6.92 Å². The van der Waals surface area contributed by atoms with Crippen LogP contribution in [0.5, 0.6) is 0 Å². The smallest absolute Gasteiger partial charge is 0.340 e. The van der Waals surface area contributed by atoms with Crippen molar-refractivity contribution in [1.29, 1.82) is 0 Å². The summed E-state index contributed by atoms with van der Waals surface area (Å²) in [5.41, 5.74) is 5.80. The van der Waals surface area contributed by atoms with Gasteiger partial charge in [-0.2, -0.15) is 0 Å². The van der Waals surface area contributed by atoms with Crippen LogP contribution in [0.1, 0.15) is 17.3 Å². The normalized spacial score (nSPS) is 10.1. The second-order valence-corrected chi connectivity index (χ2v) is 3.83. The molecule has 0 saturated heterocycles. The van der Waals surface area contributed by atoms with Crippen molar-refractivity contribution in [3.8, 4) is 0 Å². The van der Waals surface area contributed by atoms with E-state index in [-0.39, 0.29) is 32.9 Å². The summed E-state index contributed by atoms with van der Waals surface area (Å²) in [5, 5.41) is 0.357. The van der Waals surface area contributed by atoms with E-state index in [4.69, 9.17) is 45.3 Å². The van der Waals surface area contributed by atoms with Crippen LogP contribution >= 0.6 is 34.8 Å². The third-order valence-corrected chi connectivity index (χ3v) is 2.97. The van der Waals surface area contributed by atoms with Gasteiger partial charge in [-0.3, -0.25) is 0 Å². The first kappa shape index (κ1) is 12.4. The molecule has 1 aromatic rings. The zero-order valence-corrected chi connectivity index (χ0v) is 10.1. The molecule has 0 unspecified atom stereocenters. The van der Waals surface area contributed by atoms with E-state index in [1.54, 1.807) is 6.92 Å². The van der Waals surface area contributed by atoms with Crippen molar-refractivity contribution in [1.82, 2.24) is 0 Å². The fraction of sp³-hybridized carbons (Fsp3) is 0.222. The lowest BCUT2D eigenvalue weighted by Crippen LogP contribution is -2.08. The van der Waals surface area contributed by atoms with E-state index in [2.05, 4.69) is 0 Å². The molecule has 1 aromatic carbocycles. The molecule has 3 nitrogen and oxygen atoms in total. The third kappa shape index (κ3) is 2.48. The van der Waals surface area contributed by atoms with Gasteiger partial charge >= 0.3 is 5.97 Å². The number of rotatable bonds is 2. The second-order valence-electron chi connectivity index (χ2n) is 2.67. The maximum absolute atomic E-state index is 11.4. The molecule has 0 atom stereocenters. The Morgan fingerprint density at radius 1 is 1.40 bits per heavy atom. The van der Waals surface area contributed by atoms with Crippen LogP contribution in [-0.2, 0) is 4.74 Å². The SMILES string of the molecule is CCOC(=O)c1cc(Cl)c(Cl)c(Cl)c1N. The predicted octanol–water partition coefficient (Wildman–Crippen LogP) is 3.41. The maximum Gasteiger partial charge on any atom is 0.340 e. The van der Waals surface area contributed by atoms with Gasteiger partial charge in [0, 0.05) is 0 Å². The number of nitrogens with two attached hydrogens (primary N) is 1. The van der Waals surface area contributed by atoms with Crippen molar-refractivity contribution < 1.29 is 9.53 Å². The first-order valence-electron chi connectivity index (χ1n) is 4.09. The summed E-state index contributed by atoms with van der Waals surface area (Å²) in [7, 11) is 0. The molecule has 0 fully saturated rings. The third-order valence-electron chi connectivity index (χ3n) is 1.70. The molecule has 82 valence electrons. The van der Waals surface area contributed by atoms with Crippen molar-refractivity contribution >= 4 is 46.5 Å². The van der Waals surface area contributed by atoms with Crippen LogP contribution in [0.15, 0.2) is 6.07 Å². The lowest BCUT2D eigenvalue weighted by atomic mass is 10.2. The topological polar surface area (TPSA) is 52.3 Å². The van der Waals surface area contributed by atoms with Gasteiger partial charge in [-0.1, -0.05) is 34.8 Å². The molecule has 0 radical (unpaired) electrons. The Hall–Kier alpha value is -0.640. The van der Waals surface area contributed by atoms with Crippen LogP contribution in [0.25, 0.3) is 0 Å². The number of nitrogen functional groups attached to an aromatic ring is 1. The highest BCUT2D eigenvalue weighted by molar-refractivity contribution is 6.49. The van der Waals surface area contributed by atoms with Crippen molar-refractivity contribution in [3.63, 3.8) is 0 Å². The average Bonchev–Trinajstić information content (AvgIpc) is 2.20. The Balaban J connectivity index is 3.26. The molecule has 0 bridgehead atoms. The van der Waals surface area contributed by atoms with E-state index in [0.29, 0.717) is 0 Å². The lowest BCUT2D eigenvalue weighted by Gasteiger charge is -2.09. The number of benzene rings is 1. The molecule has 15 heavy (non-hydrogen) atoms. The Labute approximate surface area is 102 Å². The van der Waals surface area contributed by atoms with Crippen LogP contribution in [0.3, 0.4) is 0 Å². The van der Waals surface area contributed by atoms with Gasteiger partial charge in [-0.15, -0.1) is 0 Å². The largest absolute Gasteiger partial charge is 0.462 e. The first-order chi connectivity index (χ1) is 6.99. The molecule has 0 heterocycles. The van der Waals surface area contributed by atoms with Gasteiger partial charge in [0.15, 0.2) is 0 Å². The van der Waals surface area contributed by atoms with E-state index in [9.17, 15) is 4.79 Å². The fourth-order valence-corrected chi connectivity index (χ4v) is 1.60. The number of hydrogen-bond acceptors (Lipinski definition) is 3. The van der Waals surface area contributed by atoms with E-state index < -0.39 is 5.97 Å². The number of ether oxygens (including phenoxy) is 1. The van der Waals surface area contributed by atoms with Gasteiger partial charge in [0.2, 0.25) is 0 Å². The quantitative estimate of drug-likeness (QED) is 0.508. The summed E-state index contributed by atoms with van der Waals surface area (Å²) in [6.07, 6.45) is 0. The molecule has 0 amide bonds. The molecule has 0 spiro atoms. The summed E-state index contributed by atoms with van der Waals surface area (Å²) in [6, 6.07) is 1.34. The highest BCUT2D eigenvalue weighted by atomic mass is 35.5. The Kier molecular flexibility index (Phi) is 4.08. The van der Waals surface area contributed by atoms with Crippen molar-refractivity contribution in [3.05, 3.63) is 26.7 Å². The summed E-state index contributed by atoms with van der Waals surface area (Å²) in [6.45, 7) is 1.93. The van der Waals surface area contributed by atoms with Crippen LogP contribution in [0, 0.1) is 0 Å². The number of halogens is 3. The predicted molar refractivity (Wildman–Crippen MR) is 61.8 cm³/mol. The number of esters is 1. The second kappa shape index (κ2) is 4.92. The molecule has 1 rings (SSSR count). The molecule has 0 saturated carbocycles. The molecule has 2 N–H and O–H groups in total. The van der Waals surface area contributed by atoms with Gasteiger partial charge in [0.05, 0.1) is 32.9 Å². The molecular weight excluding hydrogens is 260 g/mol. The van der Waals surface area contributed by atoms with E-state index in [0.717, 1.165) is 0 Å². The highest BCUT2D eigenvalue weighted by Gasteiger charge is 2.18. The molecule has 0 aliphatic rings. The number of carbonyl (C=O) groups is 1. The van der Waals surface area contributed by atoms with Gasteiger partial charge in [0.1, 0.15) is 0 Å². The Bertz CT molecular complexity index is 407. The molecule has 0 aliphatic heterocycles. The van der Waals surface area contributed by atoms with Crippen LogP contribution in [0.4, 0.5) is 5.69 Å². The van der Waals surface area contributed by atoms with Crippen LogP contribution in [-0.4, -0.2) is 12.6 Å². The van der Waals surface area contributed by atoms with Crippen LogP contribution < -0.4 is 5.73 Å². The monoisotopic (exact) mass is 267 g/mol. The molecule has 6 heteroatoms. The molecular formula is C9H8Cl3NO2. The summed E-state index contributed by atoms with van der Waals surface area (Å²) in [5.74, 6) is -0.574. The highest BCUT2D eigenvalue weighted by Crippen LogP contribution is 2.37. The Morgan fingerprint density at radius 2 is 2.00 bits per heavy atom. The minimum Gasteiger partial charge on any atom is -0.462 e. The lowest BCUT2D eigenvalue weighted by molar-refractivity contribution is 0.0527. The maximum atomic E-state index is 11.4. The van der Waals surface area contributed by atoms with Crippen molar-refractivity contribution in [2.24, 2.45) is 0 Å². The summed E-state index contributed by atoms with van der Waals surface area (Å²) < 4.78 is 4.78. The first-order valence-corrected chi connectivity index (χ1v) is 5.22. The summed E-state index contributed by atoms with van der Waals surface area (Å²) >= 11 is 17.3.